The highest BCUT2D eigenvalue weighted by Crippen LogP contribution is 2.27. The van der Waals surface area contributed by atoms with Crippen molar-refractivity contribution in [3.05, 3.63) is 29.8 Å². The number of nitrogens with two attached hydrogens (primary N) is 1. The number of ether oxygens (including phenoxy) is 3. The molecule has 2 N–H and O–H groups in total. The Hall–Kier alpha value is -1.59. The number of carbonyl (C=O) groups is 1. The second kappa shape index (κ2) is 5.33. The number of methoxy groups -OCH3 is 2. The molecule has 0 saturated heterocycles. The Labute approximate surface area is 87.7 Å². The SMILES string of the molecule is COC(OC)c1ccccc1OC(N)=O. The second-order valence-electron chi connectivity index (χ2n) is 2.76. The molecule has 1 aromatic carbocycles. The number of amides is 1. The number of primary amides is 1. The normalized spacial score (nSPS) is 10.3. The Morgan fingerprint density at radius 1 is 1.27 bits per heavy atom. The fraction of sp³-hybridized carbons (Fsp3) is 0.300. The highest BCUT2D eigenvalue weighted by atomic mass is 16.7. The van der Waals surface area contributed by atoms with Gasteiger partial charge in [-0.25, -0.2) is 4.79 Å². The van der Waals surface area contributed by atoms with Gasteiger partial charge in [-0.05, 0) is 6.07 Å². The van der Waals surface area contributed by atoms with Crippen LogP contribution in [0.15, 0.2) is 24.3 Å². The van der Waals surface area contributed by atoms with E-state index in [0.717, 1.165) is 0 Å². The molecule has 15 heavy (non-hydrogen) atoms. The summed E-state index contributed by atoms with van der Waals surface area (Å²) < 4.78 is 14.9. The molecule has 0 bridgehead atoms. The van der Waals surface area contributed by atoms with E-state index in [4.69, 9.17) is 19.9 Å². The van der Waals surface area contributed by atoms with Crippen LogP contribution in [0.4, 0.5) is 4.79 Å². The molecule has 0 atom stereocenters. The molecule has 1 aromatic rings. The molecule has 5 nitrogen and oxygen atoms in total. The first-order valence-electron chi connectivity index (χ1n) is 4.30. The van der Waals surface area contributed by atoms with Gasteiger partial charge in [0.1, 0.15) is 5.75 Å². The number of benzene rings is 1. The van der Waals surface area contributed by atoms with Gasteiger partial charge in [0.25, 0.3) is 0 Å². The Kier molecular flexibility index (Phi) is 4.08. The third-order valence-electron chi connectivity index (χ3n) is 1.81. The zero-order chi connectivity index (χ0) is 11.3. The van der Waals surface area contributed by atoms with Crippen LogP contribution in [0.1, 0.15) is 11.9 Å². The lowest BCUT2D eigenvalue weighted by atomic mass is 10.2. The van der Waals surface area contributed by atoms with Crippen molar-refractivity contribution in [1.82, 2.24) is 0 Å². The molecule has 1 rings (SSSR count). The summed E-state index contributed by atoms with van der Waals surface area (Å²) in [6.45, 7) is 0. The Morgan fingerprint density at radius 2 is 1.87 bits per heavy atom. The summed E-state index contributed by atoms with van der Waals surface area (Å²) in [5.41, 5.74) is 5.55. The lowest BCUT2D eigenvalue weighted by Gasteiger charge is -2.16. The fourth-order valence-electron chi connectivity index (χ4n) is 1.23. The number of rotatable bonds is 4. The number of hydrogen-bond acceptors (Lipinski definition) is 4. The van der Waals surface area contributed by atoms with Crippen LogP contribution in [0.5, 0.6) is 5.75 Å². The first-order chi connectivity index (χ1) is 7.19. The lowest BCUT2D eigenvalue weighted by Crippen LogP contribution is -2.18. The first-order valence-corrected chi connectivity index (χ1v) is 4.30. The summed E-state index contributed by atoms with van der Waals surface area (Å²) in [5.74, 6) is 0.332. The van der Waals surface area contributed by atoms with Crippen LogP contribution in [0.25, 0.3) is 0 Å². The molecule has 0 spiro atoms. The zero-order valence-corrected chi connectivity index (χ0v) is 8.60. The van der Waals surface area contributed by atoms with E-state index in [1.54, 1.807) is 24.3 Å². The summed E-state index contributed by atoms with van der Waals surface area (Å²) in [4.78, 5) is 10.6. The molecule has 0 radical (unpaired) electrons. The van der Waals surface area contributed by atoms with Gasteiger partial charge in [0.15, 0.2) is 6.29 Å². The zero-order valence-electron chi connectivity index (χ0n) is 8.60. The lowest BCUT2D eigenvalue weighted by molar-refractivity contribution is -0.106. The van der Waals surface area contributed by atoms with Gasteiger partial charge < -0.3 is 19.9 Å². The van der Waals surface area contributed by atoms with Crippen molar-refractivity contribution in [2.24, 2.45) is 5.73 Å². The minimum atomic E-state index is -0.867. The predicted molar refractivity (Wildman–Crippen MR) is 53.4 cm³/mol. The van der Waals surface area contributed by atoms with Gasteiger partial charge >= 0.3 is 6.09 Å². The average Bonchev–Trinajstić information content (AvgIpc) is 2.21. The van der Waals surface area contributed by atoms with Gasteiger partial charge in [-0.3, -0.25) is 0 Å². The van der Waals surface area contributed by atoms with E-state index in [-0.39, 0.29) is 0 Å². The molecule has 5 heteroatoms. The monoisotopic (exact) mass is 211 g/mol. The largest absolute Gasteiger partial charge is 0.410 e. The van der Waals surface area contributed by atoms with E-state index in [9.17, 15) is 4.79 Å². The van der Waals surface area contributed by atoms with E-state index in [1.165, 1.54) is 14.2 Å². The summed E-state index contributed by atoms with van der Waals surface area (Å²) in [6.07, 6.45) is -1.45. The average molecular weight is 211 g/mol. The van der Waals surface area contributed by atoms with Crippen LogP contribution < -0.4 is 10.5 Å². The maximum atomic E-state index is 10.6. The van der Waals surface area contributed by atoms with Crippen molar-refractivity contribution in [2.45, 2.75) is 6.29 Å². The van der Waals surface area contributed by atoms with Crippen molar-refractivity contribution in [2.75, 3.05) is 14.2 Å². The minimum absolute atomic E-state index is 0.332. The van der Waals surface area contributed by atoms with E-state index < -0.39 is 12.4 Å². The molecule has 0 heterocycles. The summed E-state index contributed by atoms with van der Waals surface area (Å²) >= 11 is 0. The standard InChI is InChI=1S/C10H13NO4/c1-13-9(14-2)7-5-3-4-6-8(7)15-10(11)12/h3-6,9H,1-2H3,(H2,11,12). The van der Waals surface area contributed by atoms with Gasteiger partial charge in [0.2, 0.25) is 0 Å². The minimum Gasteiger partial charge on any atom is -0.410 e. The predicted octanol–water partition coefficient (Wildman–Crippen LogP) is 1.44. The molecular formula is C10H13NO4. The summed E-state index contributed by atoms with van der Waals surface area (Å²) in [7, 11) is 2.99. The number of para-hydroxylation sites is 1. The molecular weight excluding hydrogens is 198 g/mol. The molecule has 0 aliphatic rings. The smallest absolute Gasteiger partial charge is 0.409 e. The first kappa shape index (κ1) is 11.5. The molecule has 0 saturated carbocycles. The summed E-state index contributed by atoms with van der Waals surface area (Å²) in [5, 5.41) is 0. The molecule has 1 amide bonds. The maximum Gasteiger partial charge on any atom is 0.409 e. The van der Waals surface area contributed by atoms with Crippen LogP contribution >= 0.6 is 0 Å². The molecule has 0 aromatic heterocycles. The van der Waals surface area contributed by atoms with Gasteiger partial charge in [-0.15, -0.1) is 0 Å². The highest BCUT2D eigenvalue weighted by molar-refractivity contribution is 5.68. The van der Waals surface area contributed by atoms with E-state index in [1.807, 2.05) is 0 Å². The van der Waals surface area contributed by atoms with Crippen LogP contribution in [0.3, 0.4) is 0 Å². The van der Waals surface area contributed by atoms with Crippen LogP contribution in [-0.4, -0.2) is 20.3 Å². The number of hydrogen-bond donors (Lipinski definition) is 1. The highest BCUT2D eigenvalue weighted by Gasteiger charge is 2.15. The van der Waals surface area contributed by atoms with Crippen molar-refractivity contribution in [1.29, 1.82) is 0 Å². The van der Waals surface area contributed by atoms with E-state index in [2.05, 4.69) is 0 Å². The quantitative estimate of drug-likeness (QED) is 0.765. The third kappa shape index (κ3) is 2.93. The van der Waals surface area contributed by atoms with E-state index in [0.29, 0.717) is 11.3 Å². The molecule has 82 valence electrons. The van der Waals surface area contributed by atoms with Crippen molar-refractivity contribution in [3.63, 3.8) is 0 Å². The van der Waals surface area contributed by atoms with Crippen molar-refractivity contribution < 1.29 is 19.0 Å². The Bertz CT molecular complexity index is 336. The molecule has 0 fully saturated rings. The van der Waals surface area contributed by atoms with E-state index >= 15 is 0 Å². The van der Waals surface area contributed by atoms with Gasteiger partial charge in [0.05, 0.1) is 5.56 Å². The summed E-state index contributed by atoms with van der Waals surface area (Å²) in [6, 6.07) is 6.86. The van der Waals surface area contributed by atoms with Gasteiger partial charge in [-0.1, -0.05) is 18.2 Å². The van der Waals surface area contributed by atoms with Crippen LogP contribution in [-0.2, 0) is 9.47 Å². The third-order valence-corrected chi connectivity index (χ3v) is 1.81. The maximum absolute atomic E-state index is 10.6. The van der Waals surface area contributed by atoms with Crippen LogP contribution in [0.2, 0.25) is 0 Å². The van der Waals surface area contributed by atoms with Crippen molar-refractivity contribution in [3.8, 4) is 5.75 Å². The Balaban J connectivity index is 2.99. The number of carbonyl (C=O) groups excluding carboxylic acids is 1. The molecule has 0 aliphatic heterocycles. The topological polar surface area (TPSA) is 70.8 Å². The molecule has 0 unspecified atom stereocenters. The van der Waals surface area contributed by atoms with Gasteiger partial charge in [0, 0.05) is 14.2 Å². The second-order valence-corrected chi connectivity index (χ2v) is 2.76. The Morgan fingerprint density at radius 3 is 2.40 bits per heavy atom. The van der Waals surface area contributed by atoms with Crippen LogP contribution in [0, 0.1) is 0 Å². The molecule has 0 aliphatic carbocycles. The fourth-order valence-corrected chi connectivity index (χ4v) is 1.23. The van der Waals surface area contributed by atoms with Gasteiger partial charge in [-0.2, -0.15) is 0 Å². The van der Waals surface area contributed by atoms with Crippen molar-refractivity contribution >= 4 is 6.09 Å².